The molecule has 2 rings (SSSR count). The van der Waals surface area contributed by atoms with Crippen molar-refractivity contribution in [3.05, 3.63) is 47.1 Å². The molecule has 0 bridgehead atoms. The molecular weight excluding hydrogens is 396 g/mol. The molecule has 1 aromatic heterocycles. The summed E-state index contributed by atoms with van der Waals surface area (Å²) in [4.78, 5) is 15.6. The Labute approximate surface area is 163 Å². The molecule has 0 saturated carbocycles. The van der Waals surface area contributed by atoms with E-state index < -0.39 is 16.0 Å². The Balaban J connectivity index is 2.23. The number of methoxy groups -OCH3 is 1. The highest BCUT2D eigenvalue weighted by Crippen LogP contribution is 2.21. The van der Waals surface area contributed by atoms with Gasteiger partial charge in [0.2, 0.25) is 15.9 Å². The summed E-state index contributed by atoms with van der Waals surface area (Å²) in [5, 5.41) is 0.437. The van der Waals surface area contributed by atoms with Gasteiger partial charge in [-0.15, -0.1) is 0 Å². The zero-order chi connectivity index (χ0) is 19.9. The molecular formula is C17H21ClN2O6S. The lowest BCUT2D eigenvalue weighted by atomic mass is 10.4. The third-order valence-corrected chi connectivity index (χ3v) is 5.72. The van der Waals surface area contributed by atoms with Crippen molar-refractivity contribution >= 4 is 27.6 Å². The van der Waals surface area contributed by atoms with Gasteiger partial charge in [0, 0.05) is 24.8 Å². The SMILES string of the molecule is CCOCCCN(Cc1nc(C(=O)OC)co1)S(=O)(=O)c1ccc(Cl)cc1. The van der Waals surface area contributed by atoms with Crippen molar-refractivity contribution in [3.63, 3.8) is 0 Å². The number of hydrogen-bond acceptors (Lipinski definition) is 7. The van der Waals surface area contributed by atoms with E-state index in [9.17, 15) is 13.2 Å². The van der Waals surface area contributed by atoms with E-state index in [-0.39, 0.29) is 29.6 Å². The number of esters is 1. The summed E-state index contributed by atoms with van der Waals surface area (Å²) in [5.74, 6) is -0.571. The third kappa shape index (κ3) is 5.77. The normalized spacial score (nSPS) is 11.7. The van der Waals surface area contributed by atoms with Crippen LogP contribution < -0.4 is 0 Å². The minimum absolute atomic E-state index is 0.0225. The number of aromatic nitrogens is 1. The van der Waals surface area contributed by atoms with Crippen molar-refractivity contribution in [2.75, 3.05) is 26.9 Å². The standard InChI is InChI=1S/C17H21ClN2O6S/c1-3-25-10-4-9-20(11-16-19-15(12-26-16)17(21)24-2)27(22,23)14-7-5-13(18)6-8-14/h5-8,12H,3-4,9-11H2,1-2H3. The number of carbonyl (C=O) groups excluding carboxylic acids is 1. The maximum atomic E-state index is 13.0. The van der Waals surface area contributed by atoms with E-state index >= 15 is 0 Å². The first-order chi connectivity index (χ1) is 12.9. The zero-order valence-corrected chi connectivity index (χ0v) is 16.6. The molecule has 0 N–H and O–H groups in total. The number of halogens is 1. The van der Waals surface area contributed by atoms with Crippen molar-refractivity contribution in [2.45, 2.75) is 24.8 Å². The molecule has 0 aliphatic heterocycles. The van der Waals surface area contributed by atoms with Gasteiger partial charge in [-0.2, -0.15) is 4.31 Å². The Bertz CT molecular complexity index is 851. The lowest BCUT2D eigenvalue weighted by molar-refractivity contribution is 0.0594. The molecule has 10 heteroatoms. The average molecular weight is 417 g/mol. The number of rotatable bonds is 10. The summed E-state index contributed by atoms with van der Waals surface area (Å²) < 4.78 is 42.3. The number of nitrogens with zero attached hydrogens (tertiary/aromatic N) is 2. The molecule has 0 saturated heterocycles. The van der Waals surface area contributed by atoms with Crippen LogP contribution >= 0.6 is 11.6 Å². The summed E-state index contributed by atoms with van der Waals surface area (Å²) in [6, 6.07) is 5.88. The Hall–Kier alpha value is -1.94. The van der Waals surface area contributed by atoms with Crippen LogP contribution in [0.2, 0.25) is 5.02 Å². The first kappa shape index (κ1) is 21.4. The van der Waals surface area contributed by atoms with E-state index in [1.807, 2.05) is 6.92 Å². The molecule has 0 spiro atoms. The van der Waals surface area contributed by atoms with Crippen LogP contribution in [0.4, 0.5) is 0 Å². The highest BCUT2D eigenvalue weighted by molar-refractivity contribution is 7.89. The van der Waals surface area contributed by atoms with Crippen LogP contribution in [-0.4, -0.2) is 50.5 Å². The number of oxazole rings is 1. The van der Waals surface area contributed by atoms with E-state index in [4.69, 9.17) is 20.8 Å². The Morgan fingerprint density at radius 2 is 2.00 bits per heavy atom. The maximum Gasteiger partial charge on any atom is 0.360 e. The highest BCUT2D eigenvalue weighted by atomic mass is 35.5. The number of sulfonamides is 1. The van der Waals surface area contributed by atoms with Gasteiger partial charge < -0.3 is 13.9 Å². The van der Waals surface area contributed by atoms with Crippen molar-refractivity contribution in [1.82, 2.24) is 9.29 Å². The predicted octanol–water partition coefficient (Wildman–Crippen LogP) is 2.73. The van der Waals surface area contributed by atoms with Crippen LogP contribution in [0.1, 0.15) is 29.7 Å². The van der Waals surface area contributed by atoms with Crippen LogP contribution in [0.5, 0.6) is 0 Å². The van der Waals surface area contributed by atoms with Crippen LogP contribution in [0, 0.1) is 0 Å². The molecule has 8 nitrogen and oxygen atoms in total. The van der Waals surface area contributed by atoms with Crippen molar-refractivity contribution in [2.24, 2.45) is 0 Å². The first-order valence-electron chi connectivity index (χ1n) is 8.24. The fourth-order valence-electron chi connectivity index (χ4n) is 2.26. The summed E-state index contributed by atoms with van der Waals surface area (Å²) >= 11 is 5.84. The number of hydrogen-bond donors (Lipinski definition) is 0. The van der Waals surface area contributed by atoms with Crippen LogP contribution in [0.3, 0.4) is 0 Å². The molecule has 1 aromatic carbocycles. The topological polar surface area (TPSA) is 98.9 Å². The van der Waals surface area contributed by atoms with E-state index in [0.717, 1.165) is 6.26 Å². The van der Waals surface area contributed by atoms with Crippen molar-refractivity contribution < 1.29 is 27.1 Å². The molecule has 0 amide bonds. The van der Waals surface area contributed by atoms with Gasteiger partial charge >= 0.3 is 5.97 Å². The van der Waals surface area contributed by atoms with E-state index in [1.54, 1.807) is 0 Å². The van der Waals surface area contributed by atoms with Gasteiger partial charge in [0.05, 0.1) is 18.6 Å². The Morgan fingerprint density at radius 1 is 1.30 bits per heavy atom. The van der Waals surface area contributed by atoms with Crippen molar-refractivity contribution in [3.8, 4) is 0 Å². The first-order valence-corrected chi connectivity index (χ1v) is 10.1. The number of carbonyl (C=O) groups is 1. The molecule has 0 aliphatic rings. The monoisotopic (exact) mass is 416 g/mol. The van der Waals surface area contributed by atoms with Crippen molar-refractivity contribution in [1.29, 1.82) is 0 Å². The predicted molar refractivity (Wildman–Crippen MR) is 98.0 cm³/mol. The fraction of sp³-hybridized carbons (Fsp3) is 0.412. The molecule has 0 atom stereocenters. The quantitative estimate of drug-likeness (QED) is 0.433. The van der Waals surface area contributed by atoms with Gasteiger partial charge in [-0.05, 0) is 37.6 Å². The molecule has 0 aliphatic carbocycles. The van der Waals surface area contributed by atoms with Gasteiger partial charge in [-0.1, -0.05) is 11.6 Å². The average Bonchev–Trinajstić information content (AvgIpc) is 3.12. The van der Waals surface area contributed by atoms with Crippen LogP contribution in [-0.2, 0) is 26.0 Å². The van der Waals surface area contributed by atoms with Gasteiger partial charge in [-0.3, -0.25) is 0 Å². The van der Waals surface area contributed by atoms with Gasteiger partial charge in [0.25, 0.3) is 0 Å². The molecule has 148 valence electrons. The summed E-state index contributed by atoms with van der Waals surface area (Å²) in [5.41, 5.74) is -0.0225. The van der Waals surface area contributed by atoms with Gasteiger partial charge in [-0.25, -0.2) is 18.2 Å². The second kappa shape index (κ2) is 9.84. The highest BCUT2D eigenvalue weighted by Gasteiger charge is 2.26. The van der Waals surface area contributed by atoms with Gasteiger partial charge in [0.15, 0.2) is 5.69 Å². The lowest BCUT2D eigenvalue weighted by Gasteiger charge is -2.21. The van der Waals surface area contributed by atoms with Crippen LogP contribution in [0.25, 0.3) is 0 Å². The number of benzene rings is 1. The molecule has 2 aromatic rings. The summed E-state index contributed by atoms with van der Waals surface area (Å²) in [6.07, 6.45) is 1.62. The Kier molecular flexibility index (Phi) is 7.78. The zero-order valence-electron chi connectivity index (χ0n) is 15.1. The second-order valence-corrected chi connectivity index (χ2v) is 7.84. The molecule has 27 heavy (non-hydrogen) atoms. The summed E-state index contributed by atoms with van der Waals surface area (Å²) in [7, 11) is -2.59. The second-order valence-electron chi connectivity index (χ2n) is 5.46. The minimum atomic E-state index is -3.82. The third-order valence-electron chi connectivity index (χ3n) is 3.61. The largest absolute Gasteiger partial charge is 0.464 e. The Morgan fingerprint density at radius 3 is 2.63 bits per heavy atom. The molecule has 1 heterocycles. The van der Waals surface area contributed by atoms with E-state index in [1.165, 1.54) is 35.7 Å². The molecule has 0 radical (unpaired) electrons. The lowest BCUT2D eigenvalue weighted by Crippen LogP contribution is -2.32. The van der Waals surface area contributed by atoms with Gasteiger partial charge in [0.1, 0.15) is 6.26 Å². The molecule has 0 unspecified atom stereocenters. The van der Waals surface area contributed by atoms with Crippen LogP contribution in [0.15, 0.2) is 39.8 Å². The fourth-order valence-corrected chi connectivity index (χ4v) is 3.81. The van der Waals surface area contributed by atoms with E-state index in [0.29, 0.717) is 24.7 Å². The van der Waals surface area contributed by atoms with E-state index in [2.05, 4.69) is 9.72 Å². The minimum Gasteiger partial charge on any atom is -0.464 e. The summed E-state index contributed by atoms with van der Waals surface area (Å²) in [6.45, 7) is 2.90. The smallest absolute Gasteiger partial charge is 0.360 e. The number of ether oxygens (including phenoxy) is 2. The maximum absolute atomic E-state index is 13.0. The molecule has 0 fully saturated rings.